The second kappa shape index (κ2) is 5.60. The molecule has 1 heterocycles. The summed E-state index contributed by atoms with van der Waals surface area (Å²) >= 11 is 0. The van der Waals surface area contributed by atoms with Gasteiger partial charge in [-0.05, 0) is 12.3 Å². The number of carbonyl (C=O) groups is 1. The largest absolute Gasteiger partial charge is 0.480 e. The third kappa shape index (κ3) is 3.98. The Kier molecular flexibility index (Phi) is 4.42. The lowest BCUT2D eigenvalue weighted by Gasteiger charge is -2.03. The Labute approximate surface area is 94.4 Å². The number of nitrogens with two attached hydrogens (primary N) is 1. The van der Waals surface area contributed by atoms with Gasteiger partial charge >= 0.3 is 5.97 Å². The van der Waals surface area contributed by atoms with Gasteiger partial charge in [0.2, 0.25) is 0 Å². The van der Waals surface area contributed by atoms with E-state index in [0.29, 0.717) is 11.6 Å². The predicted octanol–water partition coefficient (Wildman–Crippen LogP) is 0.279. The Morgan fingerprint density at radius 3 is 2.88 bits per heavy atom. The molecule has 0 bridgehead atoms. The van der Waals surface area contributed by atoms with Gasteiger partial charge in [-0.15, -0.1) is 5.10 Å². The minimum Gasteiger partial charge on any atom is -0.480 e. The van der Waals surface area contributed by atoms with Gasteiger partial charge in [-0.2, -0.15) is 0 Å². The average molecular weight is 226 g/mol. The van der Waals surface area contributed by atoms with E-state index < -0.39 is 12.0 Å². The van der Waals surface area contributed by atoms with Crippen LogP contribution >= 0.6 is 0 Å². The lowest BCUT2D eigenvalue weighted by Crippen LogP contribution is -2.32. The van der Waals surface area contributed by atoms with Crippen molar-refractivity contribution < 1.29 is 9.90 Å². The standard InChI is InChI=1S/C10H18N4O2/c1-7(2)3-4-14-6-8(12-13-14)5-9(11)10(15)16/h6-7,9H,3-5,11H2,1-2H3,(H,15,16). The minimum absolute atomic E-state index is 0.219. The smallest absolute Gasteiger partial charge is 0.320 e. The van der Waals surface area contributed by atoms with Crippen LogP contribution in [0.25, 0.3) is 0 Å². The summed E-state index contributed by atoms with van der Waals surface area (Å²) in [5.41, 5.74) is 6.03. The van der Waals surface area contributed by atoms with Crippen molar-refractivity contribution in [2.45, 2.75) is 39.3 Å². The summed E-state index contributed by atoms with van der Waals surface area (Å²) in [6.45, 7) is 5.07. The van der Waals surface area contributed by atoms with Crippen LogP contribution in [0.3, 0.4) is 0 Å². The summed E-state index contributed by atoms with van der Waals surface area (Å²) in [5, 5.41) is 16.5. The molecule has 1 unspecified atom stereocenters. The Morgan fingerprint density at radius 2 is 2.31 bits per heavy atom. The van der Waals surface area contributed by atoms with Gasteiger partial charge in [-0.1, -0.05) is 19.1 Å². The highest BCUT2D eigenvalue weighted by Gasteiger charge is 2.14. The number of rotatable bonds is 6. The van der Waals surface area contributed by atoms with Crippen LogP contribution in [0.1, 0.15) is 26.0 Å². The number of aromatic nitrogens is 3. The first-order valence-corrected chi connectivity index (χ1v) is 5.36. The Bertz CT molecular complexity index is 348. The number of nitrogens with zero attached hydrogens (tertiary/aromatic N) is 3. The van der Waals surface area contributed by atoms with Gasteiger partial charge in [-0.3, -0.25) is 9.48 Å². The maximum absolute atomic E-state index is 10.5. The van der Waals surface area contributed by atoms with Crippen LogP contribution in [0.4, 0.5) is 0 Å². The van der Waals surface area contributed by atoms with Gasteiger partial charge in [0.1, 0.15) is 6.04 Å². The average Bonchev–Trinajstić information content (AvgIpc) is 2.62. The van der Waals surface area contributed by atoms with E-state index >= 15 is 0 Å². The molecule has 1 aromatic heterocycles. The molecule has 1 atom stereocenters. The zero-order valence-corrected chi connectivity index (χ0v) is 9.63. The van der Waals surface area contributed by atoms with Crippen LogP contribution in [0.2, 0.25) is 0 Å². The van der Waals surface area contributed by atoms with E-state index in [2.05, 4.69) is 24.2 Å². The molecular formula is C10H18N4O2. The summed E-state index contributed by atoms with van der Waals surface area (Å²) in [7, 11) is 0. The van der Waals surface area contributed by atoms with Gasteiger partial charge in [-0.25, -0.2) is 0 Å². The number of hydrogen-bond acceptors (Lipinski definition) is 4. The van der Waals surface area contributed by atoms with Crippen molar-refractivity contribution in [1.82, 2.24) is 15.0 Å². The lowest BCUT2D eigenvalue weighted by molar-refractivity contribution is -0.138. The number of carboxylic acid groups (broad SMARTS) is 1. The topological polar surface area (TPSA) is 94.0 Å². The molecule has 0 saturated carbocycles. The molecule has 0 aromatic carbocycles. The summed E-state index contributed by atoms with van der Waals surface area (Å²) in [4.78, 5) is 10.5. The van der Waals surface area contributed by atoms with Crippen molar-refractivity contribution in [3.05, 3.63) is 11.9 Å². The third-order valence-corrected chi connectivity index (χ3v) is 2.27. The van der Waals surface area contributed by atoms with E-state index in [1.807, 2.05) is 0 Å². The van der Waals surface area contributed by atoms with Gasteiger partial charge in [0.15, 0.2) is 0 Å². The third-order valence-electron chi connectivity index (χ3n) is 2.27. The minimum atomic E-state index is -1.02. The zero-order chi connectivity index (χ0) is 12.1. The molecule has 6 nitrogen and oxygen atoms in total. The maximum Gasteiger partial charge on any atom is 0.320 e. The summed E-state index contributed by atoms with van der Waals surface area (Å²) in [5.74, 6) is -0.411. The monoisotopic (exact) mass is 226 g/mol. The van der Waals surface area contributed by atoms with E-state index in [4.69, 9.17) is 10.8 Å². The van der Waals surface area contributed by atoms with Crippen LogP contribution in [0.15, 0.2) is 6.20 Å². The highest BCUT2D eigenvalue weighted by atomic mass is 16.4. The molecule has 1 rings (SSSR count). The van der Waals surface area contributed by atoms with Gasteiger partial charge < -0.3 is 10.8 Å². The van der Waals surface area contributed by atoms with E-state index in [1.54, 1.807) is 10.9 Å². The normalized spacial score (nSPS) is 13.0. The molecule has 0 amide bonds. The first-order chi connectivity index (χ1) is 7.49. The van der Waals surface area contributed by atoms with Crippen molar-refractivity contribution in [2.24, 2.45) is 11.7 Å². The van der Waals surface area contributed by atoms with Crippen molar-refractivity contribution in [1.29, 1.82) is 0 Å². The molecule has 0 aliphatic rings. The first kappa shape index (κ1) is 12.6. The van der Waals surface area contributed by atoms with Crippen LogP contribution < -0.4 is 5.73 Å². The Hall–Kier alpha value is -1.43. The SMILES string of the molecule is CC(C)CCn1cc(CC(N)C(=O)O)nn1. The molecular weight excluding hydrogens is 208 g/mol. The van der Waals surface area contributed by atoms with Crippen molar-refractivity contribution >= 4 is 5.97 Å². The molecule has 0 saturated heterocycles. The van der Waals surface area contributed by atoms with Gasteiger partial charge in [0, 0.05) is 19.2 Å². The predicted molar refractivity (Wildman–Crippen MR) is 58.8 cm³/mol. The number of hydrogen-bond donors (Lipinski definition) is 2. The van der Waals surface area contributed by atoms with E-state index in [-0.39, 0.29) is 6.42 Å². The molecule has 6 heteroatoms. The number of aliphatic carboxylic acids is 1. The van der Waals surface area contributed by atoms with Crippen molar-refractivity contribution in [3.8, 4) is 0 Å². The second-order valence-electron chi connectivity index (χ2n) is 4.30. The summed E-state index contributed by atoms with van der Waals surface area (Å²) < 4.78 is 1.73. The van der Waals surface area contributed by atoms with E-state index in [1.165, 1.54) is 0 Å². The molecule has 1 aromatic rings. The highest BCUT2D eigenvalue weighted by Crippen LogP contribution is 2.03. The molecule has 90 valence electrons. The van der Waals surface area contributed by atoms with Crippen molar-refractivity contribution in [2.75, 3.05) is 0 Å². The Balaban J connectivity index is 2.48. The molecule has 0 spiro atoms. The fourth-order valence-electron chi connectivity index (χ4n) is 1.24. The first-order valence-electron chi connectivity index (χ1n) is 5.36. The van der Waals surface area contributed by atoms with Crippen LogP contribution in [0, 0.1) is 5.92 Å². The molecule has 0 aliphatic heterocycles. The summed E-state index contributed by atoms with van der Waals surface area (Å²) in [6, 6.07) is -0.907. The quantitative estimate of drug-likeness (QED) is 0.726. The molecule has 0 radical (unpaired) electrons. The second-order valence-corrected chi connectivity index (χ2v) is 4.30. The van der Waals surface area contributed by atoms with E-state index in [0.717, 1.165) is 13.0 Å². The van der Waals surface area contributed by atoms with E-state index in [9.17, 15) is 4.79 Å². The van der Waals surface area contributed by atoms with Gasteiger partial charge in [0.25, 0.3) is 0 Å². The molecule has 0 fully saturated rings. The van der Waals surface area contributed by atoms with Crippen LogP contribution in [0.5, 0.6) is 0 Å². The zero-order valence-electron chi connectivity index (χ0n) is 9.63. The summed E-state index contributed by atoms with van der Waals surface area (Å²) in [6.07, 6.45) is 3.00. The molecule has 0 aliphatic carbocycles. The highest BCUT2D eigenvalue weighted by molar-refractivity contribution is 5.73. The fourth-order valence-corrected chi connectivity index (χ4v) is 1.24. The molecule has 3 N–H and O–H groups in total. The number of aryl methyl sites for hydroxylation is 1. The Morgan fingerprint density at radius 1 is 1.62 bits per heavy atom. The van der Waals surface area contributed by atoms with Crippen molar-refractivity contribution in [3.63, 3.8) is 0 Å². The number of carboxylic acids is 1. The lowest BCUT2D eigenvalue weighted by atomic mass is 10.1. The van der Waals surface area contributed by atoms with Crippen LogP contribution in [-0.4, -0.2) is 32.1 Å². The van der Waals surface area contributed by atoms with Gasteiger partial charge in [0.05, 0.1) is 5.69 Å². The fraction of sp³-hybridized carbons (Fsp3) is 0.700. The maximum atomic E-state index is 10.5. The molecule has 16 heavy (non-hydrogen) atoms. The van der Waals surface area contributed by atoms with Crippen LogP contribution in [-0.2, 0) is 17.8 Å².